The quantitative estimate of drug-likeness (QED) is 0.429. The average molecular weight is 504 g/mol. The van der Waals surface area contributed by atoms with Gasteiger partial charge in [0.05, 0.1) is 15.1 Å². The molecule has 1 aliphatic rings. The zero-order valence-electron chi connectivity index (χ0n) is 18.4. The van der Waals surface area contributed by atoms with Crippen molar-refractivity contribution in [2.75, 3.05) is 5.32 Å². The van der Waals surface area contributed by atoms with Crippen LogP contribution in [-0.4, -0.2) is 23.4 Å². The summed E-state index contributed by atoms with van der Waals surface area (Å²) in [4.78, 5) is 4.84. The number of fused-ring (bicyclic) bond motifs is 1. The highest BCUT2D eigenvalue weighted by Crippen LogP contribution is 2.36. The minimum absolute atomic E-state index is 0.286. The smallest absolute Gasteiger partial charge is 0.269 e. The fraction of sp³-hybridized carbons (Fsp3) is 0.458. The molecule has 0 amide bonds. The molecule has 0 aliphatic heterocycles. The van der Waals surface area contributed by atoms with Crippen molar-refractivity contribution in [3.63, 3.8) is 0 Å². The number of benzene rings is 1. The van der Waals surface area contributed by atoms with Crippen LogP contribution in [0.3, 0.4) is 0 Å². The third-order valence-corrected chi connectivity index (χ3v) is 8.60. The SMILES string of the molecule is CCCc1cc2c(NC3CCC(C)CC3)c(Br)cnc2n1S(=O)(=O)c1ccc(C)cc1. The van der Waals surface area contributed by atoms with Gasteiger partial charge in [-0.2, -0.15) is 0 Å². The Morgan fingerprint density at radius 3 is 2.48 bits per heavy atom. The molecule has 3 aromatic rings. The molecule has 7 heteroatoms. The van der Waals surface area contributed by atoms with Gasteiger partial charge in [-0.25, -0.2) is 17.4 Å². The van der Waals surface area contributed by atoms with Crippen LogP contribution in [0.25, 0.3) is 11.0 Å². The van der Waals surface area contributed by atoms with Crippen molar-refractivity contribution in [3.8, 4) is 0 Å². The summed E-state index contributed by atoms with van der Waals surface area (Å²) >= 11 is 3.65. The Kier molecular flexibility index (Phi) is 6.44. The lowest BCUT2D eigenvalue weighted by atomic mass is 9.87. The molecule has 166 valence electrons. The van der Waals surface area contributed by atoms with E-state index in [0.29, 0.717) is 18.1 Å². The molecule has 0 saturated heterocycles. The van der Waals surface area contributed by atoms with Crippen LogP contribution in [0, 0.1) is 12.8 Å². The normalized spacial score (nSPS) is 19.6. The van der Waals surface area contributed by atoms with Crippen molar-refractivity contribution >= 4 is 42.7 Å². The Bertz CT molecular complexity index is 1180. The van der Waals surface area contributed by atoms with Gasteiger partial charge in [-0.3, -0.25) is 0 Å². The van der Waals surface area contributed by atoms with Crippen LogP contribution in [0.2, 0.25) is 0 Å². The summed E-state index contributed by atoms with van der Waals surface area (Å²) in [7, 11) is -3.75. The highest BCUT2D eigenvalue weighted by Gasteiger charge is 2.26. The zero-order valence-corrected chi connectivity index (χ0v) is 20.8. The Labute approximate surface area is 193 Å². The lowest BCUT2D eigenvalue weighted by Gasteiger charge is -2.28. The highest BCUT2D eigenvalue weighted by molar-refractivity contribution is 9.10. The maximum absolute atomic E-state index is 13.6. The lowest BCUT2D eigenvalue weighted by molar-refractivity contribution is 0.361. The molecular formula is C24H30BrN3O2S. The van der Waals surface area contributed by atoms with Crippen molar-refractivity contribution in [3.05, 3.63) is 52.3 Å². The van der Waals surface area contributed by atoms with Gasteiger partial charge in [-0.15, -0.1) is 0 Å². The topological polar surface area (TPSA) is 64.0 Å². The number of nitrogens with zero attached hydrogens (tertiary/aromatic N) is 2. The molecule has 4 rings (SSSR count). The first-order chi connectivity index (χ1) is 14.8. The van der Waals surface area contributed by atoms with Gasteiger partial charge in [0.2, 0.25) is 0 Å². The number of hydrogen-bond acceptors (Lipinski definition) is 4. The first-order valence-corrected chi connectivity index (χ1v) is 13.3. The summed E-state index contributed by atoms with van der Waals surface area (Å²) in [5.74, 6) is 0.774. The van der Waals surface area contributed by atoms with Crippen LogP contribution < -0.4 is 5.32 Å². The minimum Gasteiger partial charge on any atom is -0.381 e. The number of aryl methyl sites for hydroxylation is 2. The molecular weight excluding hydrogens is 474 g/mol. The maximum Gasteiger partial charge on any atom is 0.269 e. The molecule has 0 atom stereocenters. The Balaban J connectivity index is 1.84. The second kappa shape index (κ2) is 8.94. The molecule has 0 radical (unpaired) electrons. The summed E-state index contributed by atoms with van der Waals surface area (Å²) in [5, 5.41) is 4.55. The van der Waals surface area contributed by atoms with Gasteiger partial charge in [0, 0.05) is 23.3 Å². The van der Waals surface area contributed by atoms with Gasteiger partial charge in [0.15, 0.2) is 5.65 Å². The van der Waals surface area contributed by atoms with E-state index in [2.05, 4.69) is 40.1 Å². The largest absolute Gasteiger partial charge is 0.381 e. The molecule has 2 aromatic heterocycles. The third kappa shape index (κ3) is 4.40. The highest BCUT2D eigenvalue weighted by atomic mass is 79.9. The van der Waals surface area contributed by atoms with Crippen molar-refractivity contribution in [2.24, 2.45) is 5.92 Å². The maximum atomic E-state index is 13.6. The van der Waals surface area contributed by atoms with Crippen molar-refractivity contribution in [1.29, 1.82) is 0 Å². The number of halogens is 1. The van der Waals surface area contributed by atoms with Crippen molar-refractivity contribution in [1.82, 2.24) is 8.96 Å². The summed E-state index contributed by atoms with van der Waals surface area (Å²) in [5.41, 5.74) is 3.23. The van der Waals surface area contributed by atoms with E-state index in [0.717, 1.165) is 52.0 Å². The van der Waals surface area contributed by atoms with E-state index in [-0.39, 0.29) is 4.90 Å². The van der Waals surface area contributed by atoms with Crippen LogP contribution >= 0.6 is 15.9 Å². The van der Waals surface area contributed by atoms with Gasteiger partial charge in [0.1, 0.15) is 0 Å². The van der Waals surface area contributed by atoms with Gasteiger partial charge in [0.25, 0.3) is 10.0 Å². The Morgan fingerprint density at radius 1 is 1.16 bits per heavy atom. The minimum atomic E-state index is -3.75. The average Bonchev–Trinajstić information content (AvgIpc) is 3.11. The molecule has 1 aliphatic carbocycles. The summed E-state index contributed by atoms with van der Waals surface area (Å²) < 4.78 is 29.6. The number of anilines is 1. The molecule has 31 heavy (non-hydrogen) atoms. The predicted octanol–water partition coefficient (Wildman–Crippen LogP) is 6.29. The summed E-state index contributed by atoms with van der Waals surface area (Å²) in [6.07, 6.45) is 7.92. The van der Waals surface area contributed by atoms with Gasteiger partial charge >= 0.3 is 0 Å². The molecule has 0 spiro atoms. The molecule has 0 unspecified atom stereocenters. The van der Waals surface area contributed by atoms with Crippen LogP contribution in [0.5, 0.6) is 0 Å². The van der Waals surface area contributed by atoms with E-state index in [9.17, 15) is 8.42 Å². The van der Waals surface area contributed by atoms with Crippen molar-refractivity contribution in [2.45, 2.75) is 70.2 Å². The van der Waals surface area contributed by atoms with Crippen molar-refractivity contribution < 1.29 is 8.42 Å². The van der Waals surface area contributed by atoms with E-state index in [1.807, 2.05) is 25.1 Å². The second-order valence-corrected chi connectivity index (χ2v) is 11.4. The molecule has 1 N–H and O–H groups in total. The Morgan fingerprint density at radius 2 is 1.84 bits per heavy atom. The van der Waals surface area contributed by atoms with Gasteiger partial charge < -0.3 is 5.32 Å². The molecule has 1 aromatic carbocycles. The van der Waals surface area contributed by atoms with E-state index in [4.69, 9.17) is 0 Å². The monoisotopic (exact) mass is 503 g/mol. The van der Waals surface area contributed by atoms with Gasteiger partial charge in [-0.05, 0) is 79.1 Å². The molecule has 1 fully saturated rings. The fourth-order valence-electron chi connectivity index (χ4n) is 4.42. The predicted molar refractivity (Wildman–Crippen MR) is 130 cm³/mol. The Hall–Kier alpha value is -1.86. The summed E-state index contributed by atoms with van der Waals surface area (Å²) in [6, 6.07) is 9.40. The van der Waals surface area contributed by atoms with Crippen LogP contribution in [-0.2, 0) is 16.4 Å². The first kappa shape index (κ1) is 22.3. The number of rotatable bonds is 6. The lowest BCUT2D eigenvalue weighted by Crippen LogP contribution is -2.25. The first-order valence-electron chi connectivity index (χ1n) is 11.1. The van der Waals surface area contributed by atoms with Crippen LogP contribution in [0.15, 0.2) is 45.9 Å². The zero-order chi connectivity index (χ0) is 22.2. The number of pyridine rings is 1. The molecule has 1 saturated carbocycles. The molecule has 0 bridgehead atoms. The van der Waals surface area contributed by atoms with Crippen LogP contribution in [0.1, 0.15) is 57.2 Å². The van der Waals surface area contributed by atoms with E-state index in [1.54, 1.807) is 18.3 Å². The fourth-order valence-corrected chi connectivity index (χ4v) is 6.37. The second-order valence-electron chi connectivity index (χ2n) is 8.79. The van der Waals surface area contributed by atoms with E-state index >= 15 is 0 Å². The number of hydrogen-bond donors (Lipinski definition) is 1. The summed E-state index contributed by atoms with van der Waals surface area (Å²) in [6.45, 7) is 6.32. The number of nitrogens with one attached hydrogen (secondary N) is 1. The number of aromatic nitrogens is 2. The molecule has 2 heterocycles. The van der Waals surface area contributed by atoms with Gasteiger partial charge in [-0.1, -0.05) is 38.0 Å². The standard InChI is InChI=1S/C24H30BrN3O2S/c1-4-5-19-14-21-23(27-18-10-6-16(2)7-11-18)22(25)15-26-24(21)28(19)31(29,30)20-12-8-17(3)9-13-20/h8-9,12-16,18H,4-7,10-11H2,1-3H3,(H,26,27). The van der Waals surface area contributed by atoms with Crippen LogP contribution in [0.4, 0.5) is 5.69 Å². The van der Waals surface area contributed by atoms with E-state index in [1.165, 1.54) is 16.8 Å². The molecule has 5 nitrogen and oxygen atoms in total. The van der Waals surface area contributed by atoms with E-state index < -0.39 is 10.0 Å². The third-order valence-electron chi connectivity index (χ3n) is 6.24.